The van der Waals surface area contributed by atoms with Gasteiger partial charge in [-0.05, 0) is 47.0 Å². The van der Waals surface area contributed by atoms with Crippen LogP contribution < -0.4 is 10.1 Å². The van der Waals surface area contributed by atoms with Gasteiger partial charge in [0.25, 0.3) is 0 Å². The highest BCUT2D eigenvalue weighted by molar-refractivity contribution is 5.39. The molecule has 6 nitrogen and oxygen atoms in total. The smallest absolute Gasteiger partial charge is 0.387 e. The second kappa shape index (κ2) is 6.70. The molecule has 0 bridgehead atoms. The molecule has 2 aromatic carbocycles. The Morgan fingerprint density at radius 1 is 1.08 bits per heavy atom. The topological polar surface area (TPSA) is 64.9 Å². The van der Waals surface area contributed by atoms with Gasteiger partial charge in [-0.3, -0.25) is 0 Å². The van der Waals surface area contributed by atoms with Gasteiger partial charge in [-0.2, -0.15) is 8.78 Å². The Hall–Kier alpha value is -3.03. The lowest BCUT2D eigenvalue weighted by Crippen LogP contribution is -2.28. The highest BCUT2D eigenvalue weighted by Gasteiger charge is 2.30. The first-order valence-electron chi connectivity index (χ1n) is 8.26. The van der Waals surface area contributed by atoms with Crippen molar-refractivity contribution in [3.63, 3.8) is 0 Å². The van der Waals surface area contributed by atoms with Crippen molar-refractivity contribution in [2.24, 2.45) is 0 Å². The van der Waals surface area contributed by atoms with Crippen LogP contribution in [0.4, 0.5) is 14.7 Å². The van der Waals surface area contributed by atoms with E-state index in [-0.39, 0.29) is 17.8 Å². The molecule has 1 aliphatic heterocycles. The van der Waals surface area contributed by atoms with Crippen LogP contribution in [0.2, 0.25) is 0 Å². The molecule has 3 aromatic rings. The van der Waals surface area contributed by atoms with Gasteiger partial charge >= 0.3 is 6.61 Å². The molecular formula is C18H17F2N5O. The van der Waals surface area contributed by atoms with E-state index in [9.17, 15) is 8.78 Å². The molecule has 2 heterocycles. The third-order valence-corrected chi connectivity index (χ3v) is 4.52. The summed E-state index contributed by atoms with van der Waals surface area (Å²) in [4.78, 5) is 0. The van der Waals surface area contributed by atoms with Crippen molar-refractivity contribution in [2.45, 2.75) is 32.0 Å². The van der Waals surface area contributed by atoms with E-state index in [1.807, 2.05) is 6.92 Å². The average molecular weight is 357 g/mol. The number of aromatic nitrogens is 4. The molecule has 0 saturated heterocycles. The fraction of sp³-hybridized carbons (Fsp3) is 0.278. The Morgan fingerprint density at radius 3 is 2.46 bits per heavy atom. The number of hydrogen-bond acceptors (Lipinski definition) is 5. The molecular weight excluding hydrogens is 340 g/mol. The molecule has 1 aromatic heterocycles. The van der Waals surface area contributed by atoms with E-state index < -0.39 is 6.61 Å². The predicted molar refractivity (Wildman–Crippen MR) is 91.2 cm³/mol. The Labute approximate surface area is 148 Å². The van der Waals surface area contributed by atoms with Gasteiger partial charge in [-0.1, -0.05) is 47.1 Å². The van der Waals surface area contributed by atoms with E-state index in [1.165, 1.54) is 17.7 Å². The van der Waals surface area contributed by atoms with Crippen LogP contribution in [-0.2, 0) is 0 Å². The Bertz CT molecular complexity index is 879. The van der Waals surface area contributed by atoms with Crippen LogP contribution in [0.1, 0.15) is 35.2 Å². The van der Waals surface area contributed by atoms with Crippen molar-refractivity contribution in [3.8, 4) is 5.75 Å². The molecule has 8 heteroatoms. The van der Waals surface area contributed by atoms with E-state index in [0.29, 0.717) is 5.95 Å². The van der Waals surface area contributed by atoms with Gasteiger partial charge in [0.15, 0.2) is 0 Å². The number of ether oxygens (including phenoxy) is 1. The van der Waals surface area contributed by atoms with Gasteiger partial charge in [0.1, 0.15) is 5.75 Å². The number of aryl methyl sites for hydroxylation is 1. The third kappa shape index (κ3) is 3.22. The quantitative estimate of drug-likeness (QED) is 0.771. The lowest BCUT2D eigenvalue weighted by molar-refractivity contribution is -0.0498. The Morgan fingerprint density at radius 2 is 1.77 bits per heavy atom. The van der Waals surface area contributed by atoms with Crippen molar-refractivity contribution in [3.05, 3.63) is 65.2 Å². The van der Waals surface area contributed by atoms with E-state index in [2.05, 4.69) is 49.8 Å². The monoisotopic (exact) mass is 357 g/mol. The SMILES string of the molecule is Cc1ccc(C2CC(c3ccc(OC(F)F)cc3)n3nnnc3N2)cc1. The van der Waals surface area contributed by atoms with Gasteiger partial charge in [0.05, 0.1) is 12.1 Å². The lowest BCUT2D eigenvalue weighted by atomic mass is 9.93. The average Bonchev–Trinajstić information content (AvgIpc) is 3.10. The summed E-state index contributed by atoms with van der Waals surface area (Å²) in [6, 6.07) is 14.9. The van der Waals surface area contributed by atoms with Crippen LogP contribution in [0.3, 0.4) is 0 Å². The van der Waals surface area contributed by atoms with Gasteiger partial charge < -0.3 is 10.1 Å². The van der Waals surface area contributed by atoms with Gasteiger partial charge in [-0.25, -0.2) is 4.68 Å². The summed E-state index contributed by atoms with van der Waals surface area (Å²) < 4.78 is 30.8. The maximum Gasteiger partial charge on any atom is 0.387 e. The number of fused-ring (bicyclic) bond motifs is 1. The van der Waals surface area contributed by atoms with Crippen LogP contribution in [0.15, 0.2) is 48.5 Å². The molecule has 0 radical (unpaired) electrons. The van der Waals surface area contributed by atoms with Crippen molar-refractivity contribution >= 4 is 5.95 Å². The summed E-state index contributed by atoms with van der Waals surface area (Å²) in [5, 5.41) is 15.2. The second-order valence-corrected chi connectivity index (χ2v) is 6.25. The maximum absolute atomic E-state index is 12.3. The van der Waals surface area contributed by atoms with Gasteiger partial charge in [0.2, 0.25) is 5.95 Å². The largest absolute Gasteiger partial charge is 0.435 e. The summed E-state index contributed by atoms with van der Waals surface area (Å²) in [5.74, 6) is 0.712. The van der Waals surface area contributed by atoms with E-state index in [1.54, 1.807) is 16.8 Å². The fourth-order valence-corrected chi connectivity index (χ4v) is 3.20. The van der Waals surface area contributed by atoms with E-state index in [4.69, 9.17) is 0 Å². The molecule has 0 amide bonds. The van der Waals surface area contributed by atoms with E-state index >= 15 is 0 Å². The van der Waals surface area contributed by atoms with Crippen molar-refractivity contribution in [1.29, 1.82) is 0 Å². The number of benzene rings is 2. The first kappa shape index (κ1) is 16.4. The van der Waals surface area contributed by atoms with Crippen LogP contribution in [0, 0.1) is 6.92 Å². The second-order valence-electron chi connectivity index (χ2n) is 6.25. The summed E-state index contributed by atoms with van der Waals surface area (Å²) in [7, 11) is 0. The van der Waals surface area contributed by atoms with Crippen LogP contribution in [0.5, 0.6) is 5.75 Å². The first-order valence-corrected chi connectivity index (χ1v) is 8.26. The molecule has 2 unspecified atom stereocenters. The maximum atomic E-state index is 12.3. The van der Waals surface area contributed by atoms with Crippen molar-refractivity contribution in [2.75, 3.05) is 5.32 Å². The Kier molecular flexibility index (Phi) is 4.24. The zero-order valence-electron chi connectivity index (χ0n) is 14.0. The first-order chi connectivity index (χ1) is 12.6. The number of nitrogens with zero attached hydrogens (tertiary/aromatic N) is 4. The molecule has 2 atom stereocenters. The Balaban J connectivity index is 1.63. The minimum atomic E-state index is -2.84. The number of alkyl halides is 2. The number of tetrazole rings is 1. The molecule has 0 aliphatic carbocycles. The fourth-order valence-electron chi connectivity index (χ4n) is 3.20. The van der Waals surface area contributed by atoms with Crippen LogP contribution in [0.25, 0.3) is 0 Å². The molecule has 0 fully saturated rings. The van der Waals surface area contributed by atoms with Crippen LogP contribution in [-0.4, -0.2) is 26.8 Å². The number of nitrogens with one attached hydrogen (secondary N) is 1. The summed E-state index contributed by atoms with van der Waals surface area (Å²) in [5.41, 5.74) is 3.27. The molecule has 134 valence electrons. The highest BCUT2D eigenvalue weighted by atomic mass is 19.3. The number of hydrogen-bond donors (Lipinski definition) is 1. The van der Waals surface area contributed by atoms with Crippen molar-refractivity contribution < 1.29 is 13.5 Å². The molecule has 1 aliphatic rings. The van der Waals surface area contributed by atoms with Crippen molar-refractivity contribution in [1.82, 2.24) is 20.2 Å². The van der Waals surface area contributed by atoms with E-state index in [0.717, 1.165) is 17.5 Å². The minimum Gasteiger partial charge on any atom is -0.435 e. The predicted octanol–water partition coefficient (Wildman–Crippen LogP) is 3.73. The lowest BCUT2D eigenvalue weighted by Gasteiger charge is -2.31. The zero-order valence-corrected chi connectivity index (χ0v) is 14.0. The highest BCUT2D eigenvalue weighted by Crippen LogP contribution is 2.37. The van der Waals surface area contributed by atoms with Crippen LogP contribution >= 0.6 is 0 Å². The third-order valence-electron chi connectivity index (χ3n) is 4.52. The number of rotatable bonds is 4. The summed E-state index contributed by atoms with van der Waals surface area (Å²) >= 11 is 0. The number of halogens is 2. The zero-order chi connectivity index (χ0) is 18.1. The molecule has 1 N–H and O–H groups in total. The standard InChI is InChI=1S/C18H17F2N5O/c1-11-2-4-12(5-3-11)15-10-16(25-18(21-15)22-23-24-25)13-6-8-14(9-7-13)26-17(19)20/h2-9,15-17H,10H2,1H3,(H,21,22,24). The summed E-state index contributed by atoms with van der Waals surface area (Å²) in [6.07, 6.45) is 0.732. The summed E-state index contributed by atoms with van der Waals surface area (Å²) in [6.45, 7) is -0.790. The molecule has 26 heavy (non-hydrogen) atoms. The molecule has 0 spiro atoms. The normalized spacial score (nSPS) is 19.1. The minimum absolute atomic E-state index is 0.0519. The molecule has 0 saturated carbocycles. The van der Waals surface area contributed by atoms with Gasteiger partial charge in [-0.15, -0.1) is 0 Å². The van der Waals surface area contributed by atoms with Gasteiger partial charge in [0, 0.05) is 0 Å². The molecule has 4 rings (SSSR count). The number of anilines is 1.